The van der Waals surface area contributed by atoms with Gasteiger partial charge in [0.2, 0.25) is 0 Å². The first-order chi connectivity index (χ1) is 8.74. The van der Waals surface area contributed by atoms with Crippen molar-refractivity contribution in [1.82, 2.24) is 9.97 Å². The third-order valence-electron chi connectivity index (χ3n) is 2.16. The van der Waals surface area contributed by atoms with E-state index in [1.807, 2.05) is 12.1 Å². The lowest BCUT2D eigenvalue weighted by atomic mass is 10.2. The molecule has 0 saturated heterocycles. The maximum absolute atomic E-state index is 8.87. The fourth-order valence-electron chi connectivity index (χ4n) is 1.33. The summed E-state index contributed by atoms with van der Waals surface area (Å²) < 4.78 is 0. The van der Waals surface area contributed by atoms with Crippen LogP contribution in [0, 0.1) is 22.7 Å². The average molecular weight is 256 g/mol. The number of anilines is 2. The van der Waals surface area contributed by atoms with Gasteiger partial charge in [-0.25, -0.2) is 9.97 Å². The molecule has 1 aromatic heterocycles. The summed E-state index contributed by atoms with van der Waals surface area (Å²) in [5.74, 6) is 0.348. The van der Waals surface area contributed by atoms with Crippen LogP contribution in [0.3, 0.4) is 0 Å². The highest BCUT2D eigenvalue weighted by Crippen LogP contribution is 2.23. The fraction of sp³-hybridized carbons (Fsp3) is 0. The van der Waals surface area contributed by atoms with Gasteiger partial charge in [-0.1, -0.05) is 11.6 Å². The highest BCUT2D eigenvalue weighted by Gasteiger charge is 2.06. The van der Waals surface area contributed by atoms with E-state index in [9.17, 15) is 0 Å². The zero-order valence-corrected chi connectivity index (χ0v) is 9.81. The molecule has 0 atom stereocenters. The Morgan fingerprint density at radius 2 is 1.89 bits per heavy atom. The highest BCUT2D eigenvalue weighted by atomic mass is 35.5. The van der Waals surface area contributed by atoms with Crippen LogP contribution in [0.25, 0.3) is 0 Å². The Bertz CT molecular complexity index is 669. The van der Waals surface area contributed by atoms with Gasteiger partial charge in [0.05, 0.1) is 10.6 Å². The number of hydrogen-bond donors (Lipinski definition) is 1. The second-order valence-corrected chi connectivity index (χ2v) is 3.70. The normalized spacial score (nSPS) is 9.28. The second-order valence-electron chi connectivity index (χ2n) is 3.30. The van der Waals surface area contributed by atoms with Gasteiger partial charge in [-0.3, -0.25) is 0 Å². The van der Waals surface area contributed by atoms with Crippen molar-refractivity contribution in [2.45, 2.75) is 0 Å². The smallest absolute Gasteiger partial charge is 0.183 e. The number of nitriles is 2. The number of nitrogens with one attached hydrogen (secondary N) is 1. The maximum Gasteiger partial charge on any atom is 0.183 e. The van der Waals surface area contributed by atoms with Crippen molar-refractivity contribution in [2.75, 3.05) is 5.32 Å². The molecule has 0 saturated carbocycles. The molecule has 0 aliphatic heterocycles. The molecule has 6 heteroatoms. The van der Waals surface area contributed by atoms with Gasteiger partial charge in [0.25, 0.3) is 0 Å². The molecular weight excluding hydrogens is 250 g/mol. The van der Waals surface area contributed by atoms with E-state index < -0.39 is 0 Å². The summed E-state index contributed by atoms with van der Waals surface area (Å²) >= 11 is 5.91. The Morgan fingerprint density at radius 1 is 1.11 bits per heavy atom. The van der Waals surface area contributed by atoms with Gasteiger partial charge in [0, 0.05) is 18.1 Å². The zero-order chi connectivity index (χ0) is 13.0. The minimum atomic E-state index is 0.193. The molecule has 0 spiro atoms. The van der Waals surface area contributed by atoms with Crippen molar-refractivity contribution in [3.05, 3.63) is 46.9 Å². The average Bonchev–Trinajstić information content (AvgIpc) is 2.39. The second kappa shape index (κ2) is 5.13. The first-order valence-electron chi connectivity index (χ1n) is 4.92. The maximum atomic E-state index is 8.87. The molecular formula is C12H6ClN5. The van der Waals surface area contributed by atoms with Crippen molar-refractivity contribution in [1.29, 1.82) is 10.5 Å². The Labute approximate surface area is 108 Å². The summed E-state index contributed by atoms with van der Waals surface area (Å²) in [6, 6.07) is 8.76. The van der Waals surface area contributed by atoms with Crippen LogP contribution in [-0.2, 0) is 0 Å². The van der Waals surface area contributed by atoms with Crippen LogP contribution in [0.15, 0.2) is 30.6 Å². The lowest BCUT2D eigenvalue weighted by Crippen LogP contribution is -1.98. The molecule has 1 aromatic carbocycles. The van der Waals surface area contributed by atoms with Crippen LogP contribution in [0.4, 0.5) is 11.5 Å². The minimum Gasteiger partial charge on any atom is -0.338 e. The standard InChI is InChI=1S/C12H6ClN5/c13-10-5-9(2-1-8(10)6-14)18-12-11(7-15)16-3-4-17-12/h1-5H,(H,17,18). The SMILES string of the molecule is N#Cc1ccc(Nc2nccnc2C#N)cc1Cl. The molecule has 18 heavy (non-hydrogen) atoms. The molecule has 2 rings (SSSR count). The van der Waals surface area contributed by atoms with E-state index in [0.717, 1.165) is 0 Å². The number of halogens is 1. The lowest BCUT2D eigenvalue weighted by Gasteiger charge is -2.06. The van der Waals surface area contributed by atoms with E-state index >= 15 is 0 Å². The first kappa shape index (κ1) is 11.8. The van der Waals surface area contributed by atoms with Crippen molar-refractivity contribution >= 4 is 23.1 Å². The van der Waals surface area contributed by atoms with Crippen LogP contribution in [0.2, 0.25) is 5.02 Å². The summed E-state index contributed by atoms with van der Waals surface area (Å²) in [6.07, 6.45) is 2.92. The number of benzene rings is 1. The Hall–Kier alpha value is -2.63. The fourth-order valence-corrected chi connectivity index (χ4v) is 1.55. The molecule has 0 unspecified atom stereocenters. The quantitative estimate of drug-likeness (QED) is 0.891. The molecule has 0 aliphatic carbocycles. The highest BCUT2D eigenvalue weighted by molar-refractivity contribution is 6.32. The minimum absolute atomic E-state index is 0.193. The van der Waals surface area contributed by atoms with Gasteiger partial charge in [-0.05, 0) is 18.2 Å². The molecule has 0 fully saturated rings. The van der Waals surface area contributed by atoms with Crippen LogP contribution in [0.5, 0.6) is 0 Å². The molecule has 86 valence electrons. The monoisotopic (exact) mass is 255 g/mol. The Kier molecular flexibility index (Phi) is 3.38. The summed E-state index contributed by atoms with van der Waals surface area (Å²) in [5, 5.41) is 20.9. The molecule has 0 bridgehead atoms. The van der Waals surface area contributed by atoms with Gasteiger partial charge < -0.3 is 5.32 Å². The predicted octanol–water partition coefficient (Wildman–Crippen LogP) is 2.62. The van der Waals surface area contributed by atoms with E-state index in [0.29, 0.717) is 22.1 Å². The Morgan fingerprint density at radius 3 is 2.56 bits per heavy atom. The molecule has 0 radical (unpaired) electrons. The van der Waals surface area contributed by atoms with E-state index in [1.165, 1.54) is 12.4 Å². The molecule has 1 N–H and O–H groups in total. The number of rotatable bonds is 2. The van der Waals surface area contributed by atoms with Gasteiger partial charge in [-0.15, -0.1) is 0 Å². The number of nitrogens with zero attached hydrogens (tertiary/aromatic N) is 4. The van der Waals surface area contributed by atoms with Crippen molar-refractivity contribution in [2.24, 2.45) is 0 Å². The van der Waals surface area contributed by atoms with Crippen LogP contribution < -0.4 is 5.32 Å². The van der Waals surface area contributed by atoms with Crippen molar-refractivity contribution in [3.63, 3.8) is 0 Å². The van der Waals surface area contributed by atoms with Crippen LogP contribution in [0.1, 0.15) is 11.3 Å². The predicted molar refractivity (Wildman–Crippen MR) is 66.2 cm³/mol. The molecule has 0 amide bonds. The van der Waals surface area contributed by atoms with E-state index in [2.05, 4.69) is 15.3 Å². The van der Waals surface area contributed by atoms with Gasteiger partial charge in [0.1, 0.15) is 12.1 Å². The van der Waals surface area contributed by atoms with Gasteiger partial charge in [0.15, 0.2) is 11.5 Å². The van der Waals surface area contributed by atoms with Gasteiger partial charge >= 0.3 is 0 Å². The van der Waals surface area contributed by atoms with Crippen LogP contribution >= 0.6 is 11.6 Å². The Balaban J connectivity index is 2.33. The molecule has 1 heterocycles. The first-order valence-corrected chi connectivity index (χ1v) is 5.30. The third kappa shape index (κ3) is 2.37. The lowest BCUT2D eigenvalue weighted by molar-refractivity contribution is 1.16. The summed E-state index contributed by atoms with van der Waals surface area (Å²) in [6.45, 7) is 0. The molecule has 2 aromatic rings. The largest absolute Gasteiger partial charge is 0.338 e. The summed E-state index contributed by atoms with van der Waals surface area (Å²) in [7, 11) is 0. The molecule has 5 nitrogen and oxygen atoms in total. The summed E-state index contributed by atoms with van der Waals surface area (Å²) in [5.41, 5.74) is 1.22. The third-order valence-corrected chi connectivity index (χ3v) is 2.47. The number of aromatic nitrogens is 2. The van der Waals surface area contributed by atoms with E-state index in [4.69, 9.17) is 22.1 Å². The summed E-state index contributed by atoms with van der Waals surface area (Å²) in [4.78, 5) is 7.89. The topological polar surface area (TPSA) is 85.4 Å². The van der Waals surface area contributed by atoms with Crippen molar-refractivity contribution < 1.29 is 0 Å². The number of hydrogen-bond acceptors (Lipinski definition) is 5. The van der Waals surface area contributed by atoms with Crippen molar-refractivity contribution in [3.8, 4) is 12.1 Å². The van der Waals surface area contributed by atoms with E-state index in [-0.39, 0.29) is 5.69 Å². The van der Waals surface area contributed by atoms with Crippen LogP contribution in [-0.4, -0.2) is 9.97 Å². The zero-order valence-electron chi connectivity index (χ0n) is 9.05. The van der Waals surface area contributed by atoms with Gasteiger partial charge in [-0.2, -0.15) is 10.5 Å². The molecule has 0 aliphatic rings. The van der Waals surface area contributed by atoms with E-state index in [1.54, 1.807) is 18.2 Å².